The van der Waals surface area contributed by atoms with Crippen molar-refractivity contribution < 1.29 is 19.1 Å². The van der Waals surface area contributed by atoms with Gasteiger partial charge in [-0.3, -0.25) is 9.69 Å². The number of halogens is 1. The zero-order chi connectivity index (χ0) is 27.7. The first-order valence-corrected chi connectivity index (χ1v) is 14.7. The Morgan fingerprint density at radius 3 is 2.32 bits per heavy atom. The highest BCUT2D eigenvalue weighted by molar-refractivity contribution is 9.10. The van der Waals surface area contributed by atoms with E-state index in [-0.39, 0.29) is 25.1 Å². The lowest BCUT2D eigenvalue weighted by Gasteiger charge is -2.34. The van der Waals surface area contributed by atoms with Gasteiger partial charge in [0.05, 0.1) is 17.2 Å². The minimum Gasteiger partial charge on any atom is -0.462 e. The van der Waals surface area contributed by atoms with Crippen molar-refractivity contribution in [2.24, 2.45) is 5.92 Å². The van der Waals surface area contributed by atoms with Gasteiger partial charge >= 0.3 is 11.9 Å². The number of nitrogens with two attached hydrogens (primary N) is 1. The molecule has 1 fully saturated rings. The molecule has 2 N–H and O–H groups in total. The second kappa shape index (κ2) is 14.7. The van der Waals surface area contributed by atoms with Crippen molar-refractivity contribution in [3.8, 4) is 0 Å². The van der Waals surface area contributed by atoms with Crippen LogP contribution in [0.1, 0.15) is 92.8 Å². The number of rotatable bonds is 12. The largest absolute Gasteiger partial charge is 0.462 e. The number of ether oxygens (including phenoxy) is 2. The van der Waals surface area contributed by atoms with Crippen LogP contribution in [0.2, 0.25) is 0 Å². The molecule has 0 aromatic heterocycles. The van der Waals surface area contributed by atoms with E-state index >= 15 is 0 Å². The monoisotopic (exact) mass is 586 g/mol. The summed E-state index contributed by atoms with van der Waals surface area (Å²) in [5, 5.41) is 0. The molecule has 1 atom stereocenters. The van der Waals surface area contributed by atoms with E-state index in [1.54, 1.807) is 6.07 Å². The van der Waals surface area contributed by atoms with Gasteiger partial charge in [0.1, 0.15) is 13.2 Å². The molecule has 1 aliphatic carbocycles. The Hall–Kier alpha value is -2.38. The first-order chi connectivity index (χ1) is 18.2. The Bertz CT molecular complexity index is 1060. The van der Waals surface area contributed by atoms with Gasteiger partial charge in [-0.2, -0.15) is 0 Å². The summed E-state index contributed by atoms with van der Waals surface area (Å²) in [5.41, 5.74) is 10.5. The summed E-state index contributed by atoms with van der Waals surface area (Å²) in [6.07, 6.45) is 7.26. The van der Waals surface area contributed by atoms with Gasteiger partial charge in [-0.05, 0) is 83.4 Å². The molecule has 3 rings (SSSR count). The van der Waals surface area contributed by atoms with Gasteiger partial charge in [0.15, 0.2) is 0 Å². The van der Waals surface area contributed by atoms with Crippen molar-refractivity contribution >= 4 is 33.6 Å². The zero-order valence-electron chi connectivity index (χ0n) is 23.3. The number of carbonyl (C=O) groups is 2. The lowest BCUT2D eigenvalue weighted by atomic mass is 9.93. The molecule has 2 aromatic rings. The summed E-state index contributed by atoms with van der Waals surface area (Å²) in [6.45, 7) is 9.99. The second-order valence-electron chi connectivity index (χ2n) is 10.8. The van der Waals surface area contributed by atoms with E-state index in [0.717, 1.165) is 24.1 Å². The van der Waals surface area contributed by atoms with Gasteiger partial charge in [-0.25, -0.2) is 4.79 Å². The van der Waals surface area contributed by atoms with Gasteiger partial charge < -0.3 is 15.2 Å². The maximum atomic E-state index is 12.8. The van der Waals surface area contributed by atoms with Crippen molar-refractivity contribution in [1.82, 2.24) is 4.90 Å². The normalized spacial score (nSPS) is 15.0. The van der Waals surface area contributed by atoms with Crippen molar-refractivity contribution in [2.75, 3.05) is 25.5 Å². The highest BCUT2D eigenvalue weighted by Crippen LogP contribution is 2.30. The van der Waals surface area contributed by atoms with Gasteiger partial charge in [-0.1, -0.05) is 64.3 Å². The summed E-state index contributed by atoms with van der Waals surface area (Å²) in [5.74, 6) is -0.602. The summed E-state index contributed by atoms with van der Waals surface area (Å²) in [4.78, 5) is 27.8. The quantitative estimate of drug-likeness (QED) is 0.166. The Morgan fingerprint density at radius 2 is 1.68 bits per heavy atom. The highest BCUT2D eigenvalue weighted by atomic mass is 79.9. The van der Waals surface area contributed by atoms with E-state index in [0.29, 0.717) is 34.2 Å². The fourth-order valence-electron chi connectivity index (χ4n) is 5.12. The number of hydrogen-bond acceptors (Lipinski definition) is 6. The van der Waals surface area contributed by atoms with E-state index in [9.17, 15) is 9.59 Å². The first kappa shape index (κ1) is 30.2. The molecule has 38 heavy (non-hydrogen) atoms. The van der Waals surface area contributed by atoms with Crippen molar-refractivity contribution in [3.05, 3.63) is 63.1 Å². The maximum absolute atomic E-state index is 12.8. The number of carbonyl (C=O) groups excluding carboxylic acids is 2. The average Bonchev–Trinajstić information content (AvgIpc) is 2.91. The fourth-order valence-corrected chi connectivity index (χ4v) is 5.62. The Kier molecular flexibility index (Phi) is 11.7. The minimum absolute atomic E-state index is 0.00857. The molecule has 0 bridgehead atoms. The van der Waals surface area contributed by atoms with Gasteiger partial charge in [0, 0.05) is 17.1 Å². The third-order valence-corrected chi connectivity index (χ3v) is 8.02. The number of esters is 2. The Labute approximate surface area is 236 Å². The van der Waals surface area contributed by atoms with Crippen LogP contribution >= 0.6 is 15.9 Å². The fraction of sp³-hybridized carbons (Fsp3) is 0.548. The third kappa shape index (κ3) is 8.57. The molecule has 2 aromatic carbocycles. The van der Waals surface area contributed by atoms with Crippen LogP contribution in [0.3, 0.4) is 0 Å². The minimum atomic E-state index is -0.461. The van der Waals surface area contributed by atoms with E-state index in [2.05, 4.69) is 53.7 Å². The van der Waals surface area contributed by atoms with Crippen LogP contribution in [-0.4, -0.2) is 42.6 Å². The maximum Gasteiger partial charge on any atom is 0.338 e. The van der Waals surface area contributed by atoms with Crippen LogP contribution < -0.4 is 5.73 Å². The molecule has 0 saturated heterocycles. The number of nitrogen functional groups attached to an aromatic ring is 1. The molecule has 208 valence electrons. The third-order valence-electron chi connectivity index (χ3n) is 7.36. The molecular weight excluding hydrogens is 544 g/mol. The van der Waals surface area contributed by atoms with Gasteiger partial charge in [0.2, 0.25) is 0 Å². The van der Waals surface area contributed by atoms with Crippen LogP contribution in [0.25, 0.3) is 0 Å². The van der Waals surface area contributed by atoms with Crippen LogP contribution in [0.15, 0.2) is 40.9 Å². The van der Waals surface area contributed by atoms with E-state index in [1.165, 1.54) is 37.7 Å². The SMILES string of the molecule is CCN(Cc1cc(C(=O)OCCOC(=O)C(C)c2ccc(CC(C)C)cc2)cc(Br)c1N)C1CCCCC1. The zero-order valence-corrected chi connectivity index (χ0v) is 24.9. The summed E-state index contributed by atoms with van der Waals surface area (Å²) in [6, 6.07) is 12.2. The molecule has 0 heterocycles. The molecule has 1 aliphatic rings. The highest BCUT2D eigenvalue weighted by Gasteiger charge is 2.22. The summed E-state index contributed by atoms with van der Waals surface area (Å²) in [7, 11) is 0. The molecule has 1 unspecified atom stereocenters. The van der Waals surface area contributed by atoms with Gasteiger partial charge in [-0.15, -0.1) is 0 Å². The molecular formula is C31H43BrN2O4. The molecule has 0 amide bonds. The summed E-state index contributed by atoms with van der Waals surface area (Å²) >= 11 is 3.51. The Balaban J connectivity index is 1.51. The van der Waals surface area contributed by atoms with Crippen LogP contribution in [0.4, 0.5) is 5.69 Å². The number of benzene rings is 2. The number of nitrogens with zero attached hydrogens (tertiary/aromatic N) is 1. The van der Waals surface area contributed by atoms with Crippen LogP contribution in [-0.2, 0) is 27.2 Å². The number of hydrogen-bond donors (Lipinski definition) is 1. The molecule has 0 aliphatic heterocycles. The molecule has 0 radical (unpaired) electrons. The molecule has 7 heteroatoms. The molecule has 0 spiro atoms. The van der Waals surface area contributed by atoms with Crippen LogP contribution in [0, 0.1) is 5.92 Å². The lowest BCUT2D eigenvalue weighted by molar-refractivity contribution is -0.146. The van der Waals surface area contributed by atoms with E-state index in [4.69, 9.17) is 15.2 Å². The molecule has 1 saturated carbocycles. The first-order valence-electron chi connectivity index (χ1n) is 13.9. The number of anilines is 1. The average molecular weight is 588 g/mol. The second-order valence-corrected chi connectivity index (χ2v) is 11.6. The van der Waals surface area contributed by atoms with Crippen molar-refractivity contribution in [1.29, 1.82) is 0 Å². The standard InChI is InChI=1S/C31H43BrN2O4/c1-5-34(27-9-7-6-8-10-27)20-26-18-25(19-28(32)29(26)33)31(36)38-16-15-37-30(35)22(4)24-13-11-23(12-14-24)17-21(2)3/h11-14,18-19,21-22,27H,5-10,15-17,20,33H2,1-4H3. The predicted octanol–water partition coefficient (Wildman–Crippen LogP) is 6.89. The van der Waals surface area contributed by atoms with E-state index < -0.39 is 5.97 Å². The predicted molar refractivity (Wildman–Crippen MR) is 156 cm³/mol. The summed E-state index contributed by atoms with van der Waals surface area (Å²) < 4.78 is 11.5. The lowest BCUT2D eigenvalue weighted by Crippen LogP contribution is -2.36. The smallest absolute Gasteiger partial charge is 0.338 e. The van der Waals surface area contributed by atoms with Gasteiger partial charge in [0.25, 0.3) is 0 Å². The molecule has 6 nitrogen and oxygen atoms in total. The Morgan fingerprint density at radius 1 is 1.03 bits per heavy atom. The van der Waals surface area contributed by atoms with E-state index in [1.807, 2.05) is 25.1 Å². The van der Waals surface area contributed by atoms with Crippen molar-refractivity contribution in [3.63, 3.8) is 0 Å². The topological polar surface area (TPSA) is 81.9 Å². The van der Waals surface area contributed by atoms with Crippen LogP contribution in [0.5, 0.6) is 0 Å². The van der Waals surface area contributed by atoms with Crippen molar-refractivity contribution in [2.45, 2.75) is 84.7 Å².